The molecular formula is C16H13BrFNO. The zero-order valence-corrected chi connectivity index (χ0v) is 12.5. The number of nitriles is 1. The van der Waals surface area contributed by atoms with Crippen LogP contribution in [-0.4, -0.2) is 5.11 Å². The van der Waals surface area contributed by atoms with Crippen molar-refractivity contribution in [2.24, 2.45) is 0 Å². The van der Waals surface area contributed by atoms with Gasteiger partial charge in [-0.05, 0) is 48.4 Å². The molecule has 1 N–H and O–H groups in total. The van der Waals surface area contributed by atoms with Crippen molar-refractivity contribution in [3.05, 3.63) is 69.4 Å². The number of rotatable bonds is 3. The molecule has 0 fully saturated rings. The van der Waals surface area contributed by atoms with Crippen molar-refractivity contribution < 1.29 is 9.50 Å². The summed E-state index contributed by atoms with van der Waals surface area (Å²) < 4.78 is 14.5. The van der Waals surface area contributed by atoms with E-state index in [1.54, 1.807) is 43.3 Å². The van der Waals surface area contributed by atoms with Gasteiger partial charge in [0.2, 0.25) is 0 Å². The van der Waals surface area contributed by atoms with E-state index in [0.29, 0.717) is 16.7 Å². The molecule has 0 bridgehead atoms. The topological polar surface area (TPSA) is 44.0 Å². The molecule has 0 amide bonds. The van der Waals surface area contributed by atoms with Crippen LogP contribution in [0.5, 0.6) is 0 Å². The van der Waals surface area contributed by atoms with Crippen LogP contribution in [-0.2, 0) is 12.0 Å². The van der Waals surface area contributed by atoms with Crippen LogP contribution in [0.25, 0.3) is 0 Å². The fourth-order valence-electron chi connectivity index (χ4n) is 2.08. The van der Waals surface area contributed by atoms with Gasteiger partial charge < -0.3 is 5.11 Å². The monoisotopic (exact) mass is 333 g/mol. The Kier molecular flexibility index (Phi) is 4.22. The minimum Gasteiger partial charge on any atom is -0.385 e. The van der Waals surface area contributed by atoms with E-state index in [9.17, 15) is 9.50 Å². The number of halogens is 2. The van der Waals surface area contributed by atoms with Crippen LogP contribution < -0.4 is 0 Å². The van der Waals surface area contributed by atoms with Crippen LogP contribution >= 0.6 is 15.9 Å². The third-order valence-corrected chi connectivity index (χ3v) is 3.65. The molecule has 0 heterocycles. The lowest BCUT2D eigenvalue weighted by Gasteiger charge is -2.24. The molecule has 2 aromatic rings. The van der Waals surface area contributed by atoms with E-state index < -0.39 is 5.60 Å². The Hall–Kier alpha value is -1.70. The van der Waals surface area contributed by atoms with Gasteiger partial charge in [0.25, 0.3) is 0 Å². The molecule has 102 valence electrons. The third-order valence-electron chi connectivity index (χ3n) is 3.16. The minimum absolute atomic E-state index is 0.132. The van der Waals surface area contributed by atoms with Crippen molar-refractivity contribution >= 4 is 15.9 Å². The molecule has 0 aliphatic rings. The molecule has 0 aliphatic carbocycles. The van der Waals surface area contributed by atoms with E-state index in [1.165, 1.54) is 6.07 Å². The van der Waals surface area contributed by atoms with Crippen LogP contribution in [0.15, 0.2) is 46.9 Å². The molecule has 0 aromatic heterocycles. The second kappa shape index (κ2) is 5.74. The summed E-state index contributed by atoms with van der Waals surface area (Å²) in [6.07, 6.45) is 0.132. The second-order valence-electron chi connectivity index (χ2n) is 4.88. The maximum Gasteiger partial charge on any atom is 0.126 e. The lowest BCUT2D eigenvalue weighted by molar-refractivity contribution is 0.0566. The maximum atomic E-state index is 13.8. The Bertz CT molecular complexity index is 676. The van der Waals surface area contributed by atoms with Crippen LogP contribution in [0, 0.1) is 17.1 Å². The quantitative estimate of drug-likeness (QED) is 0.925. The van der Waals surface area contributed by atoms with Gasteiger partial charge in [0.1, 0.15) is 5.82 Å². The fraction of sp³-hybridized carbons (Fsp3) is 0.188. The van der Waals surface area contributed by atoms with Gasteiger partial charge in [-0.15, -0.1) is 0 Å². The molecule has 2 aromatic carbocycles. The first-order valence-corrected chi connectivity index (χ1v) is 6.88. The summed E-state index contributed by atoms with van der Waals surface area (Å²) in [5.41, 5.74) is 0.245. The van der Waals surface area contributed by atoms with E-state index in [-0.39, 0.29) is 12.2 Å². The van der Waals surface area contributed by atoms with Crippen molar-refractivity contribution in [2.75, 3.05) is 0 Å². The number of hydrogen-bond acceptors (Lipinski definition) is 2. The molecule has 1 atom stereocenters. The standard InChI is InChI=1S/C16H13BrFNO/c1-16(20,13-4-2-3-11(7-13)10-19)9-12-8-14(17)5-6-15(12)18/h2-8,20H,9H2,1H3. The van der Waals surface area contributed by atoms with Gasteiger partial charge in [-0.25, -0.2) is 4.39 Å². The number of nitrogens with zero attached hydrogens (tertiary/aromatic N) is 1. The lowest BCUT2D eigenvalue weighted by atomic mass is 9.88. The third kappa shape index (κ3) is 3.24. The first-order valence-electron chi connectivity index (χ1n) is 6.09. The van der Waals surface area contributed by atoms with Gasteiger partial charge in [-0.3, -0.25) is 0 Å². The SMILES string of the molecule is CC(O)(Cc1cc(Br)ccc1F)c1cccc(C#N)c1. The second-order valence-corrected chi connectivity index (χ2v) is 5.79. The first kappa shape index (κ1) is 14.7. The summed E-state index contributed by atoms with van der Waals surface area (Å²) in [5, 5.41) is 19.5. The zero-order valence-electron chi connectivity index (χ0n) is 10.9. The molecule has 2 nitrogen and oxygen atoms in total. The Morgan fingerprint density at radius 3 is 2.75 bits per heavy atom. The predicted octanol–water partition coefficient (Wildman–Crippen LogP) is 3.91. The van der Waals surface area contributed by atoms with E-state index in [0.717, 1.165) is 4.47 Å². The lowest BCUT2D eigenvalue weighted by Crippen LogP contribution is -2.25. The fourth-order valence-corrected chi connectivity index (χ4v) is 2.48. The number of hydrogen-bond donors (Lipinski definition) is 1. The molecule has 0 saturated carbocycles. The van der Waals surface area contributed by atoms with E-state index in [4.69, 9.17) is 5.26 Å². The normalized spacial score (nSPS) is 13.6. The minimum atomic E-state index is -1.24. The molecule has 0 saturated heterocycles. The van der Waals surface area contributed by atoms with Crippen LogP contribution in [0.2, 0.25) is 0 Å². The van der Waals surface area contributed by atoms with Crippen LogP contribution in [0.3, 0.4) is 0 Å². The smallest absolute Gasteiger partial charge is 0.126 e. The maximum absolute atomic E-state index is 13.8. The highest BCUT2D eigenvalue weighted by atomic mass is 79.9. The largest absolute Gasteiger partial charge is 0.385 e. The van der Waals surface area contributed by atoms with Crippen molar-refractivity contribution in [3.63, 3.8) is 0 Å². The molecule has 1 unspecified atom stereocenters. The van der Waals surface area contributed by atoms with Gasteiger partial charge >= 0.3 is 0 Å². The van der Waals surface area contributed by atoms with Gasteiger partial charge in [0.05, 0.1) is 17.2 Å². The van der Waals surface area contributed by atoms with Gasteiger partial charge in [0, 0.05) is 10.9 Å². The van der Waals surface area contributed by atoms with Crippen LogP contribution in [0.1, 0.15) is 23.6 Å². The van der Waals surface area contributed by atoms with Crippen molar-refractivity contribution in [2.45, 2.75) is 18.9 Å². The summed E-state index contributed by atoms with van der Waals surface area (Å²) in [6.45, 7) is 1.61. The molecule has 20 heavy (non-hydrogen) atoms. The summed E-state index contributed by atoms with van der Waals surface area (Å²) in [7, 11) is 0. The highest BCUT2D eigenvalue weighted by Crippen LogP contribution is 2.28. The highest BCUT2D eigenvalue weighted by molar-refractivity contribution is 9.10. The van der Waals surface area contributed by atoms with E-state index in [1.807, 2.05) is 6.07 Å². The van der Waals surface area contributed by atoms with Crippen molar-refractivity contribution in [1.82, 2.24) is 0 Å². The molecule has 0 aliphatic heterocycles. The van der Waals surface area contributed by atoms with E-state index in [2.05, 4.69) is 15.9 Å². The summed E-state index contributed by atoms with van der Waals surface area (Å²) >= 11 is 3.29. The summed E-state index contributed by atoms with van der Waals surface area (Å²) in [5.74, 6) is -0.357. The van der Waals surface area contributed by atoms with Crippen molar-refractivity contribution in [3.8, 4) is 6.07 Å². The molecule has 2 rings (SSSR count). The molecule has 0 radical (unpaired) electrons. The van der Waals surface area contributed by atoms with Crippen molar-refractivity contribution in [1.29, 1.82) is 5.26 Å². The Morgan fingerprint density at radius 2 is 2.05 bits per heavy atom. The van der Waals surface area contributed by atoms with Crippen LogP contribution in [0.4, 0.5) is 4.39 Å². The van der Waals surface area contributed by atoms with Gasteiger partial charge in [-0.1, -0.05) is 28.1 Å². The van der Waals surface area contributed by atoms with Gasteiger partial charge in [0.15, 0.2) is 0 Å². The average Bonchev–Trinajstić information content (AvgIpc) is 2.43. The molecule has 4 heteroatoms. The number of aliphatic hydroxyl groups is 1. The number of benzene rings is 2. The molecular weight excluding hydrogens is 321 g/mol. The zero-order chi connectivity index (χ0) is 14.8. The highest BCUT2D eigenvalue weighted by Gasteiger charge is 2.25. The Labute approximate surface area is 125 Å². The average molecular weight is 334 g/mol. The Balaban J connectivity index is 2.35. The van der Waals surface area contributed by atoms with E-state index >= 15 is 0 Å². The first-order chi connectivity index (χ1) is 9.42. The Morgan fingerprint density at radius 1 is 1.30 bits per heavy atom. The molecule has 0 spiro atoms. The predicted molar refractivity (Wildman–Crippen MR) is 78.5 cm³/mol. The summed E-state index contributed by atoms with van der Waals surface area (Å²) in [6, 6.07) is 13.4. The summed E-state index contributed by atoms with van der Waals surface area (Å²) in [4.78, 5) is 0. The van der Waals surface area contributed by atoms with Gasteiger partial charge in [-0.2, -0.15) is 5.26 Å².